The van der Waals surface area contributed by atoms with Gasteiger partial charge in [0.2, 0.25) is 10.0 Å². The number of sulfonamides is 1. The number of amides is 1. The number of nitrogens with zero attached hydrogens (tertiary/aromatic N) is 1. The number of anilines is 3. The lowest BCUT2D eigenvalue weighted by molar-refractivity contribution is 0.100. The van der Waals surface area contributed by atoms with Crippen molar-refractivity contribution in [3.8, 4) is 0 Å². The summed E-state index contributed by atoms with van der Waals surface area (Å²) in [5, 5.41) is 2.74. The number of aromatic nitrogens is 1. The van der Waals surface area contributed by atoms with Crippen LogP contribution in [0.15, 0.2) is 47.3 Å². The van der Waals surface area contributed by atoms with E-state index in [0.29, 0.717) is 5.56 Å². The highest BCUT2D eigenvalue weighted by Gasteiger charge is 2.20. The molecule has 2 aromatic carbocycles. The van der Waals surface area contributed by atoms with Gasteiger partial charge in [-0.05, 0) is 49.2 Å². The van der Waals surface area contributed by atoms with E-state index in [1.165, 1.54) is 50.4 Å². The molecule has 8 nitrogen and oxygen atoms in total. The van der Waals surface area contributed by atoms with Gasteiger partial charge in [0.15, 0.2) is 5.82 Å². The third-order valence-electron chi connectivity index (χ3n) is 5.24. The number of carbonyl (C=O) groups is 1. The van der Waals surface area contributed by atoms with E-state index >= 15 is 0 Å². The first-order valence-electron chi connectivity index (χ1n) is 10.3. The summed E-state index contributed by atoms with van der Waals surface area (Å²) < 4.78 is 56.2. The smallest absolute Gasteiger partial charge is 0.255 e. The second kappa shape index (κ2) is 9.64. The molecule has 0 aliphatic rings. The van der Waals surface area contributed by atoms with Crippen LogP contribution < -0.4 is 21.3 Å². The summed E-state index contributed by atoms with van der Waals surface area (Å²) in [6, 6.07) is 9.75. The first-order chi connectivity index (χ1) is 15.9. The number of nitrogens with one attached hydrogen (secondary N) is 2. The quantitative estimate of drug-likeness (QED) is 0.448. The van der Waals surface area contributed by atoms with Gasteiger partial charge in [0, 0.05) is 19.0 Å². The molecule has 0 fully saturated rings. The maximum absolute atomic E-state index is 15.0. The average molecular weight is 491 g/mol. The van der Waals surface area contributed by atoms with Crippen molar-refractivity contribution >= 4 is 33.1 Å². The molecule has 0 saturated heterocycles. The Morgan fingerprint density at radius 2 is 1.79 bits per heavy atom. The molecule has 11 heteroatoms. The van der Waals surface area contributed by atoms with Gasteiger partial charge in [-0.25, -0.2) is 17.2 Å². The van der Waals surface area contributed by atoms with E-state index < -0.39 is 33.1 Å². The predicted molar refractivity (Wildman–Crippen MR) is 127 cm³/mol. The summed E-state index contributed by atoms with van der Waals surface area (Å²) in [4.78, 5) is 25.2. The molecule has 0 aliphatic carbocycles. The molecule has 0 spiro atoms. The topological polar surface area (TPSA) is 123 Å². The minimum Gasteiger partial charge on any atom is -0.365 e. The summed E-state index contributed by atoms with van der Waals surface area (Å²) in [6.45, 7) is 3.13. The van der Waals surface area contributed by atoms with E-state index in [0.717, 1.165) is 4.57 Å². The van der Waals surface area contributed by atoms with Gasteiger partial charge in [-0.3, -0.25) is 18.9 Å². The van der Waals surface area contributed by atoms with Gasteiger partial charge in [-0.2, -0.15) is 0 Å². The lowest BCUT2D eigenvalue weighted by Crippen LogP contribution is -2.28. The first kappa shape index (κ1) is 24.9. The van der Waals surface area contributed by atoms with E-state index in [1.807, 2.05) is 0 Å². The molecule has 180 valence electrons. The molecule has 0 aliphatic heterocycles. The Bertz CT molecular complexity index is 1440. The standard InChI is InChI=1S/C23H24F2N4O4S/c1-4-34(32,33)28-19-7-5-6-14(20(19)25)11-15-12-16(21(26)30)22(29(3)23(15)31)27-18-9-8-13(2)10-17(18)24/h5-10,12,27-28H,4,11H2,1-3H3,(H2,26,30). The fraction of sp³-hybridized carbons (Fsp3) is 0.217. The largest absolute Gasteiger partial charge is 0.365 e. The number of nitrogens with two attached hydrogens (primary N) is 1. The fourth-order valence-corrected chi connectivity index (χ4v) is 3.99. The molecule has 3 aromatic rings. The molecule has 1 heterocycles. The maximum Gasteiger partial charge on any atom is 0.255 e. The van der Waals surface area contributed by atoms with Crippen LogP contribution in [0.1, 0.15) is 34.0 Å². The highest BCUT2D eigenvalue weighted by molar-refractivity contribution is 7.92. The molecule has 0 saturated carbocycles. The van der Waals surface area contributed by atoms with Crippen molar-refractivity contribution in [2.24, 2.45) is 12.8 Å². The Labute approximate surface area is 195 Å². The molecule has 4 N–H and O–H groups in total. The highest BCUT2D eigenvalue weighted by Crippen LogP contribution is 2.25. The number of hydrogen-bond donors (Lipinski definition) is 3. The summed E-state index contributed by atoms with van der Waals surface area (Å²) in [5.74, 6) is -2.56. The SMILES string of the molecule is CCS(=O)(=O)Nc1cccc(Cc2cc(C(N)=O)c(Nc3ccc(C)cc3F)n(C)c2=O)c1F. The van der Waals surface area contributed by atoms with Crippen LogP contribution in [0.5, 0.6) is 0 Å². The molecular weight excluding hydrogens is 466 g/mol. The molecule has 0 bridgehead atoms. The first-order valence-corrected chi connectivity index (χ1v) is 11.9. The second-order valence-corrected chi connectivity index (χ2v) is 9.74. The second-order valence-electron chi connectivity index (χ2n) is 7.73. The molecule has 0 unspecified atom stereocenters. The number of benzene rings is 2. The van der Waals surface area contributed by atoms with Gasteiger partial charge in [-0.15, -0.1) is 0 Å². The molecule has 0 radical (unpaired) electrons. The Morgan fingerprint density at radius 3 is 2.41 bits per heavy atom. The molecule has 0 atom stereocenters. The number of carbonyl (C=O) groups excluding carboxylic acids is 1. The summed E-state index contributed by atoms with van der Waals surface area (Å²) >= 11 is 0. The number of hydrogen-bond acceptors (Lipinski definition) is 5. The number of pyridine rings is 1. The number of aryl methyl sites for hydroxylation is 1. The lowest BCUT2D eigenvalue weighted by atomic mass is 10.0. The molecule has 1 amide bonds. The van der Waals surface area contributed by atoms with E-state index in [1.54, 1.807) is 13.0 Å². The van der Waals surface area contributed by atoms with E-state index in [9.17, 15) is 26.8 Å². The van der Waals surface area contributed by atoms with Crippen LogP contribution in [0.2, 0.25) is 0 Å². The molecule has 1 aromatic heterocycles. The van der Waals surface area contributed by atoms with Crippen molar-refractivity contribution in [3.05, 3.63) is 86.7 Å². The number of rotatable bonds is 8. The van der Waals surface area contributed by atoms with Gasteiger partial charge < -0.3 is 11.1 Å². The van der Waals surface area contributed by atoms with Crippen molar-refractivity contribution in [2.75, 3.05) is 15.8 Å². The van der Waals surface area contributed by atoms with Crippen LogP contribution in [-0.2, 0) is 23.5 Å². The Morgan fingerprint density at radius 1 is 1.09 bits per heavy atom. The van der Waals surface area contributed by atoms with Crippen LogP contribution >= 0.6 is 0 Å². The molecule has 3 rings (SSSR count). The van der Waals surface area contributed by atoms with Crippen molar-refractivity contribution < 1.29 is 22.0 Å². The Hall–Kier alpha value is -3.73. The van der Waals surface area contributed by atoms with Gasteiger partial charge in [-0.1, -0.05) is 18.2 Å². The normalized spacial score (nSPS) is 11.3. The molecule has 34 heavy (non-hydrogen) atoms. The zero-order chi connectivity index (χ0) is 25.2. The van der Waals surface area contributed by atoms with Crippen LogP contribution in [-0.4, -0.2) is 24.6 Å². The summed E-state index contributed by atoms with van der Waals surface area (Å²) in [6.07, 6.45) is -0.236. The predicted octanol–water partition coefficient (Wildman–Crippen LogP) is 3.17. The third kappa shape index (κ3) is 5.25. The Kier molecular flexibility index (Phi) is 7.06. The third-order valence-corrected chi connectivity index (χ3v) is 6.53. The highest BCUT2D eigenvalue weighted by atomic mass is 32.2. The van der Waals surface area contributed by atoms with Crippen LogP contribution in [0.3, 0.4) is 0 Å². The maximum atomic E-state index is 15.0. The van der Waals surface area contributed by atoms with Crippen LogP contribution in [0.4, 0.5) is 26.0 Å². The van der Waals surface area contributed by atoms with Crippen LogP contribution in [0.25, 0.3) is 0 Å². The summed E-state index contributed by atoms with van der Waals surface area (Å²) in [7, 11) is -2.35. The van der Waals surface area contributed by atoms with E-state index in [2.05, 4.69) is 10.0 Å². The van der Waals surface area contributed by atoms with Gasteiger partial charge >= 0.3 is 0 Å². The lowest BCUT2D eigenvalue weighted by Gasteiger charge is -2.17. The zero-order valence-corrected chi connectivity index (χ0v) is 19.6. The van der Waals surface area contributed by atoms with Gasteiger partial charge in [0.05, 0.1) is 22.7 Å². The average Bonchev–Trinajstić information content (AvgIpc) is 2.77. The zero-order valence-electron chi connectivity index (χ0n) is 18.8. The number of primary amides is 1. The Balaban J connectivity index is 2.05. The fourth-order valence-electron chi connectivity index (χ4n) is 3.36. The monoisotopic (exact) mass is 490 g/mol. The van der Waals surface area contributed by atoms with Crippen molar-refractivity contribution in [1.82, 2.24) is 4.57 Å². The summed E-state index contributed by atoms with van der Waals surface area (Å²) in [5.41, 5.74) is 5.40. The van der Waals surface area contributed by atoms with Crippen LogP contribution in [0, 0.1) is 18.6 Å². The van der Waals surface area contributed by atoms with Crippen molar-refractivity contribution in [1.29, 1.82) is 0 Å². The number of halogens is 2. The minimum atomic E-state index is -3.72. The van der Waals surface area contributed by atoms with E-state index in [-0.39, 0.29) is 46.1 Å². The van der Waals surface area contributed by atoms with Gasteiger partial charge in [0.1, 0.15) is 11.6 Å². The van der Waals surface area contributed by atoms with Gasteiger partial charge in [0.25, 0.3) is 11.5 Å². The minimum absolute atomic E-state index is 0.0195. The molecular formula is C23H24F2N4O4S. The van der Waals surface area contributed by atoms with E-state index in [4.69, 9.17) is 5.73 Å². The van der Waals surface area contributed by atoms with Crippen molar-refractivity contribution in [2.45, 2.75) is 20.3 Å². The van der Waals surface area contributed by atoms with Crippen molar-refractivity contribution in [3.63, 3.8) is 0 Å².